The number of piperidine rings is 1. The summed E-state index contributed by atoms with van der Waals surface area (Å²) < 4.78 is 6.72. The molecule has 0 bridgehead atoms. The number of carbonyl (C=O) groups is 3. The number of nitrogens with zero attached hydrogens (tertiary/aromatic N) is 5. The minimum absolute atomic E-state index is 0.0279. The van der Waals surface area contributed by atoms with Crippen molar-refractivity contribution < 1.29 is 19.1 Å². The van der Waals surface area contributed by atoms with Crippen molar-refractivity contribution in [2.75, 3.05) is 46.4 Å². The van der Waals surface area contributed by atoms with Crippen molar-refractivity contribution in [2.24, 2.45) is 13.0 Å². The Bertz CT molecular complexity index is 802. The van der Waals surface area contributed by atoms with Gasteiger partial charge in [-0.25, -0.2) is 0 Å². The zero-order chi connectivity index (χ0) is 21.8. The summed E-state index contributed by atoms with van der Waals surface area (Å²) in [6.45, 7) is 7.34. The van der Waals surface area contributed by atoms with Crippen LogP contribution in [0.25, 0.3) is 0 Å². The molecule has 1 aromatic rings. The maximum absolute atomic E-state index is 13.4. The second kappa shape index (κ2) is 9.59. The van der Waals surface area contributed by atoms with Crippen molar-refractivity contribution in [1.82, 2.24) is 24.5 Å². The first-order valence-corrected chi connectivity index (χ1v) is 10.8. The van der Waals surface area contributed by atoms with Crippen molar-refractivity contribution in [1.29, 1.82) is 0 Å². The molecule has 166 valence electrons. The highest BCUT2D eigenvalue weighted by Gasteiger charge is 2.35. The number of amides is 3. The van der Waals surface area contributed by atoms with Crippen LogP contribution in [0, 0.1) is 5.92 Å². The van der Waals surface area contributed by atoms with E-state index in [-0.39, 0.29) is 30.2 Å². The monoisotopic (exact) mass is 419 g/mol. The average Bonchev–Trinajstić information content (AvgIpc) is 3.10. The standard InChI is InChI=1S/C21H33N5O4/c1-5-24(6-2)20(28)15-8-7-10-26(12-15)21(29)19-16-13-25(18(27)14-30-4)11-9-17(16)23(3)22-19/h15H,5-14H2,1-4H3/t15-/m0/s1. The average molecular weight is 420 g/mol. The number of ether oxygens (including phenoxy) is 1. The highest BCUT2D eigenvalue weighted by atomic mass is 16.5. The van der Waals surface area contributed by atoms with E-state index in [1.54, 1.807) is 14.5 Å². The molecule has 9 heteroatoms. The normalized spacial score (nSPS) is 18.9. The smallest absolute Gasteiger partial charge is 0.274 e. The molecule has 0 spiro atoms. The molecule has 2 aliphatic heterocycles. The number of aryl methyl sites for hydroxylation is 1. The van der Waals surface area contributed by atoms with Crippen LogP contribution in [-0.4, -0.2) is 88.6 Å². The van der Waals surface area contributed by atoms with Crippen LogP contribution in [-0.2, 0) is 34.3 Å². The Morgan fingerprint density at radius 2 is 1.90 bits per heavy atom. The van der Waals surface area contributed by atoms with Gasteiger partial charge in [0.25, 0.3) is 5.91 Å². The molecule has 3 rings (SSSR count). The molecule has 0 saturated carbocycles. The zero-order valence-electron chi connectivity index (χ0n) is 18.5. The van der Waals surface area contributed by atoms with Crippen LogP contribution in [0.1, 0.15) is 48.4 Å². The van der Waals surface area contributed by atoms with Gasteiger partial charge in [-0.3, -0.25) is 19.1 Å². The number of rotatable bonds is 6. The zero-order valence-corrected chi connectivity index (χ0v) is 18.5. The highest BCUT2D eigenvalue weighted by Crippen LogP contribution is 2.26. The van der Waals surface area contributed by atoms with Gasteiger partial charge in [-0.15, -0.1) is 0 Å². The van der Waals surface area contributed by atoms with Gasteiger partial charge in [0, 0.05) is 71.1 Å². The molecule has 2 aliphatic rings. The Morgan fingerprint density at radius 1 is 1.17 bits per heavy atom. The third-order valence-electron chi connectivity index (χ3n) is 6.20. The minimum atomic E-state index is -0.165. The summed E-state index contributed by atoms with van der Waals surface area (Å²) in [5.74, 6) is -0.281. The first-order chi connectivity index (χ1) is 14.4. The number of carbonyl (C=O) groups excluding carboxylic acids is 3. The third-order valence-corrected chi connectivity index (χ3v) is 6.20. The van der Waals surface area contributed by atoms with Gasteiger partial charge in [0.2, 0.25) is 11.8 Å². The minimum Gasteiger partial charge on any atom is -0.375 e. The molecule has 30 heavy (non-hydrogen) atoms. The summed E-state index contributed by atoms with van der Waals surface area (Å²) in [6.07, 6.45) is 2.26. The number of hydrogen-bond acceptors (Lipinski definition) is 5. The summed E-state index contributed by atoms with van der Waals surface area (Å²) in [5.41, 5.74) is 2.21. The number of hydrogen-bond donors (Lipinski definition) is 0. The third kappa shape index (κ3) is 4.35. The number of methoxy groups -OCH3 is 1. The van der Waals surface area contributed by atoms with E-state index in [9.17, 15) is 14.4 Å². The molecule has 0 aromatic carbocycles. The molecule has 0 N–H and O–H groups in total. The van der Waals surface area contributed by atoms with Crippen LogP contribution in [0.3, 0.4) is 0 Å². The number of fused-ring (bicyclic) bond motifs is 1. The molecular formula is C21H33N5O4. The van der Waals surface area contributed by atoms with Crippen LogP contribution in [0.2, 0.25) is 0 Å². The van der Waals surface area contributed by atoms with Crippen LogP contribution in [0.4, 0.5) is 0 Å². The van der Waals surface area contributed by atoms with Gasteiger partial charge in [-0.2, -0.15) is 5.10 Å². The largest absolute Gasteiger partial charge is 0.375 e. The van der Waals surface area contributed by atoms with E-state index < -0.39 is 0 Å². The van der Waals surface area contributed by atoms with E-state index in [1.807, 2.05) is 25.8 Å². The van der Waals surface area contributed by atoms with Crippen molar-refractivity contribution in [3.8, 4) is 0 Å². The SMILES string of the molecule is CCN(CC)C(=O)[C@H]1CCCN(C(=O)c2nn(C)c3c2CN(C(=O)COC)CC3)C1. The van der Waals surface area contributed by atoms with Gasteiger partial charge < -0.3 is 19.4 Å². The van der Waals surface area contributed by atoms with Gasteiger partial charge in [0.15, 0.2) is 5.69 Å². The summed E-state index contributed by atoms with van der Waals surface area (Å²) in [4.78, 5) is 43.7. The molecular weight excluding hydrogens is 386 g/mol. The van der Waals surface area contributed by atoms with Gasteiger partial charge in [-0.05, 0) is 26.7 Å². The number of aromatic nitrogens is 2. The van der Waals surface area contributed by atoms with E-state index in [0.717, 1.165) is 24.1 Å². The van der Waals surface area contributed by atoms with E-state index >= 15 is 0 Å². The molecule has 3 heterocycles. The molecule has 0 radical (unpaired) electrons. The van der Waals surface area contributed by atoms with Gasteiger partial charge >= 0.3 is 0 Å². The highest BCUT2D eigenvalue weighted by molar-refractivity contribution is 5.95. The first kappa shape index (κ1) is 22.3. The second-order valence-electron chi connectivity index (χ2n) is 8.00. The molecule has 1 atom stereocenters. The maximum Gasteiger partial charge on any atom is 0.274 e. The van der Waals surface area contributed by atoms with Crippen molar-refractivity contribution in [3.63, 3.8) is 0 Å². The van der Waals surface area contributed by atoms with E-state index in [4.69, 9.17) is 4.74 Å². The molecule has 1 fully saturated rings. The lowest BCUT2D eigenvalue weighted by Gasteiger charge is -2.34. The Balaban J connectivity index is 1.77. The van der Waals surface area contributed by atoms with Crippen LogP contribution in [0.15, 0.2) is 0 Å². The lowest BCUT2D eigenvalue weighted by molar-refractivity contribution is -0.137. The lowest BCUT2D eigenvalue weighted by atomic mass is 9.95. The van der Waals surface area contributed by atoms with E-state index in [2.05, 4.69) is 5.10 Å². The van der Waals surface area contributed by atoms with Crippen molar-refractivity contribution >= 4 is 17.7 Å². The molecule has 9 nitrogen and oxygen atoms in total. The topological polar surface area (TPSA) is 88.0 Å². The quantitative estimate of drug-likeness (QED) is 0.676. The Kier molecular flexibility index (Phi) is 7.12. The fourth-order valence-corrected chi connectivity index (χ4v) is 4.50. The summed E-state index contributed by atoms with van der Waals surface area (Å²) in [6, 6.07) is 0. The van der Waals surface area contributed by atoms with E-state index in [1.165, 1.54) is 7.11 Å². The number of likely N-dealkylation sites (tertiary alicyclic amines) is 1. The van der Waals surface area contributed by atoms with Crippen LogP contribution < -0.4 is 0 Å². The van der Waals surface area contributed by atoms with Crippen molar-refractivity contribution in [3.05, 3.63) is 17.0 Å². The fourth-order valence-electron chi connectivity index (χ4n) is 4.50. The lowest BCUT2D eigenvalue weighted by Crippen LogP contribution is -2.47. The van der Waals surface area contributed by atoms with Gasteiger partial charge in [0.05, 0.1) is 5.92 Å². The predicted octanol–water partition coefficient (Wildman–Crippen LogP) is 0.672. The van der Waals surface area contributed by atoms with Gasteiger partial charge in [-0.1, -0.05) is 0 Å². The summed E-state index contributed by atoms with van der Waals surface area (Å²) in [5, 5.41) is 4.51. The molecule has 3 amide bonds. The Hall–Kier alpha value is -2.42. The molecule has 0 aliphatic carbocycles. The second-order valence-corrected chi connectivity index (χ2v) is 8.00. The Morgan fingerprint density at radius 3 is 2.57 bits per heavy atom. The molecule has 1 saturated heterocycles. The van der Waals surface area contributed by atoms with Crippen LogP contribution in [0.5, 0.6) is 0 Å². The van der Waals surface area contributed by atoms with E-state index in [0.29, 0.717) is 51.4 Å². The summed E-state index contributed by atoms with van der Waals surface area (Å²) in [7, 11) is 3.34. The molecule has 0 unspecified atom stereocenters. The Labute approximate surface area is 177 Å². The summed E-state index contributed by atoms with van der Waals surface area (Å²) >= 11 is 0. The first-order valence-electron chi connectivity index (χ1n) is 10.8. The predicted molar refractivity (Wildman–Crippen MR) is 111 cm³/mol. The van der Waals surface area contributed by atoms with Crippen molar-refractivity contribution in [2.45, 2.75) is 39.7 Å². The maximum atomic E-state index is 13.4. The van der Waals surface area contributed by atoms with Gasteiger partial charge in [0.1, 0.15) is 6.61 Å². The van der Waals surface area contributed by atoms with Crippen LogP contribution >= 0.6 is 0 Å². The fraction of sp³-hybridized carbons (Fsp3) is 0.714. The molecule has 1 aromatic heterocycles.